The van der Waals surface area contributed by atoms with Gasteiger partial charge < -0.3 is 21.1 Å². The minimum absolute atomic E-state index is 0.214. The Labute approximate surface area is 177 Å². The predicted molar refractivity (Wildman–Crippen MR) is 116 cm³/mol. The van der Waals surface area contributed by atoms with Crippen LogP contribution in [0.3, 0.4) is 0 Å². The molecule has 4 rings (SSSR count). The molecule has 2 aromatic heterocycles. The number of nitrogens with one attached hydrogen (secondary N) is 2. The van der Waals surface area contributed by atoms with Crippen molar-refractivity contribution in [3.63, 3.8) is 0 Å². The standard InChI is InChI=1S/C22H17N7O2/c23-10-15-11-25-12-21(27-15)29-20-9-14(7-8-26-20)13-31-19-6-5-18(28-22(24)30)16-3-1-2-4-17(16)19/h1-9,11-12H,13H2,(H3,24,28,30)(H,26,27,29). The van der Waals surface area contributed by atoms with Crippen molar-refractivity contribution in [3.05, 3.63) is 78.4 Å². The number of pyridine rings is 1. The van der Waals surface area contributed by atoms with Crippen LogP contribution in [0.1, 0.15) is 11.3 Å². The quantitative estimate of drug-likeness (QED) is 0.439. The molecule has 0 aliphatic carbocycles. The van der Waals surface area contributed by atoms with Gasteiger partial charge in [-0.25, -0.2) is 14.8 Å². The fourth-order valence-corrected chi connectivity index (χ4v) is 3.04. The molecule has 0 aliphatic heterocycles. The average Bonchev–Trinajstić information content (AvgIpc) is 2.79. The smallest absolute Gasteiger partial charge is 0.316 e. The van der Waals surface area contributed by atoms with Crippen molar-refractivity contribution < 1.29 is 9.53 Å². The number of ether oxygens (including phenoxy) is 1. The fraction of sp³-hybridized carbons (Fsp3) is 0.0455. The van der Waals surface area contributed by atoms with E-state index in [1.165, 1.54) is 12.4 Å². The van der Waals surface area contributed by atoms with Gasteiger partial charge in [-0.3, -0.25) is 4.98 Å². The van der Waals surface area contributed by atoms with E-state index >= 15 is 0 Å². The number of nitrogens with two attached hydrogens (primary N) is 1. The van der Waals surface area contributed by atoms with E-state index in [4.69, 9.17) is 15.7 Å². The number of nitrogens with zero attached hydrogens (tertiary/aromatic N) is 4. The first-order chi connectivity index (χ1) is 15.1. The lowest BCUT2D eigenvalue weighted by atomic mass is 10.1. The van der Waals surface area contributed by atoms with Crippen molar-refractivity contribution in [2.24, 2.45) is 5.73 Å². The van der Waals surface area contributed by atoms with Crippen LogP contribution in [-0.2, 0) is 6.61 Å². The molecule has 31 heavy (non-hydrogen) atoms. The molecular weight excluding hydrogens is 394 g/mol. The Kier molecular flexibility index (Phi) is 5.53. The normalized spacial score (nSPS) is 10.3. The largest absolute Gasteiger partial charge is 0.488 e. The SMILES string of the molecule is N#Cc1cncc(Nc2cc(COc3ccc(NC(N)=O)c4ccccc34)ccn2)n1. The molecule has 2 aromatic carbocycles. The van der Waals surface area contributed by atoms with Gasteiger partial charge >= 0.3 is 6.03 Å². The second kappa shape index (κ2) is 8.75. The van der Waals surface area contributed by atoms with Gasteiger partial charge in [-0.1, -0.05) is 24.3 Å². The van der Waals surface area contributed by atoms with E-state index in [0.717, 1.165) is 16.3 Å². The molecule has 0 spiro atoms. The first kappa shape index (κ1) is 19.6. The molecule has 0 unspecified atom stereocenters. The topological polar surface area (TPSA) is 139 Å². The summed E-state index contributed by atoms with van der Waals surface area (Å²) in [5.41, 5.74) is 6.97. The average molecular weight is 411 g/mol. The number of rotatable bonds is 6. The van der Waals surface area contributed by atoms with Crippen LogP contribution in [0.4, 0.5) is 22.1 Å². The zero-order valence-electron chi connectivity index (χ0n) is 16.2. The number of aromatic nitrogens is 3. The third kappa shape index (κ3) is 4.65. The number of urea groups is 1. The van der Waals surface area contributed by atoms with E-state index in [2.05, 4.69) is 25.6 Å². The third-order valence-electron chi connectivity index (χ3n) is 4.37. The summed E-state index contributed by atoms with van der Waals surface area (Å²) in [6.07, 6.45) is 4.55. The molecule has 2 heterocycles. The molecule has 152 valence electrons. The zero-order chi connectivity index (χ0) is 21.6. The minimum atomic E-state index is -0.624. The second-order valence-electron chi connectivity index (χ2n) is 6.51. The highest BCUT2D eigenvalue weighted by Gasteiger charge is 2.09. The third-order valence-corrected chi connectivity index (χ3v) is 4.37. The van der Waals surface area contributed by atoms with Crippen molar-refractivity contribution >= 4 is 34.1 Å². The van der Waals surface area contributed by atoms with Crippen LogP contribution in [0, 0.1) is 11.3 Å². The Morgan fingerprint density at radius 3 is 2.74 bits per heavy atom. The Balaban J connectivity index is 1.52. The summed E-state index contributed by atoms with van der Waals surface area (Å²) in [4.78, 5) is 23.6. The Morgan fingerprint density at radius 1 is 1.10 bits per heavy atom. The summed E-state index contributed by atoms with van der Waals surface area (Å²) >= 11 is 0. The Hall–Kier alpha value is -4.71. The van der Waals surface area contributed by atoms with Gasteiger partial charge in [0.25, 0.3) is 0 Å². The molecule has 0 fully saturated rings. The molecule has 2 amide bonds. The van der Waals surface area contributed by atoms with Crippen molar-refractivity contribution in [2.45, 2.75) is 6.61 Å². The number of carbonyl (C=O) groups is 1. The number of primary amides is 1. The van der Waals surface area contributed by atoms with E-state index in [0.29, 0.717) is 29.7 Å². The van der Waals surface area contributed by atoms with Gasteiger partial charge in [-0.2, -0.15) is 5.26 Å². The number of anilines is 3. The molecule has 4 N–H and O–H groups in total. The second-order valence-corrected chi connectivity index (χ2v) is 6.51. The van der Waals surface area contributed by atoms with Gasteiger partial charge in [0.05, 0.1) is 18.1 Å². The Morgan fingerprint density at radius 2 is 1.94 bits per heavy atom. The highest BCUT2D eigenvalue weighted by molar-refractivity contribution is 6.03. The molecule has 9 nitrogen and oxygen atoms in total. The summed E-state index contributed by atoms with van der Waals surface area (Å²) in [5.74, 6) is 1.65. The maximum absolute atomic E-state index is 11.3. The number of hydrogen-bond acceptors (Lipinski definition) is 7. The molecule has 0 aliphatic rings. The number of nitriles is 1. The summed E-state index contributed by atoms with van der Waals surface area (Å²) in [6.45, 7) is 0.299. The monoisotopic (exact) mass is 411 g/mol. The van der Waals surface area contributed by atoms with Gasteiger partial charge in [-0.05, 0) is 29.8 Å². The van der Waals surface area contributed by atoms with Crippen molar-refractivity contribution in [1.29, 1.82) is 5.26 Å². The van der Waals surface area contributed by atoms with Crippen LogP contribution in [0.15, 0.2) is 67.1 Å². The lowest BCUT2D eigenvalue weighted by Gasteiger charge is -2.13. The van der Waals surface area contributed by atoms with Gasteiger partial charge in [0, 0.05) is 17.0 Å². The highest BCUT2D eigenvalue weighted by atomic mass is 16.5. The van der Waals surface area contributed by atoms with Gasteiger partial charge in [0.1, 0.15) is 24.2 Å². The van der Waals surface area contributed by atoms with E-state index in [1.807, 2.05) is 42.5 Å². The minimum Gasteiger partial charge on any atom is -0.488 e. The summed E-state index contributed by atoms with van der Waals surface area (Å²) in [7, 11) is 0. The molecule has 0 atom stereocenters. The Bertz CT molecular complexity index is 1300. The molecular formula is C22H17N7O2. The number of carbonyl (C=O) groups excluding carboxylic acids is 1. The van der Waals surface area contributed by atoms with E-state index < -0.39 is 6.03 Å². The molecule has 9 heteroatoms. The van der Waals surface area contributed by atoms with Crippen LogP contribution in [0.5, 0.6) is 5.75 Å². The number of benzene rings is 2. The van der Waals surface area contributed by atoms with E-state index in [9.17, 15) is 4.79 Å². The highest BCUT2D eigenvalue weighted by Crippen LogP contribution is 2.32. The number of amides is 2. The maximum atomic E-state index is 11.3. The van der Waals surface area contributed by atoms with E-state index in [1.54, 1.807) is 18.3 Å². The van der Waals surface area contributed by atoms with Crippen LogP contribution in [0.25, 0.3) is 10.8 Å². The summed E-state index contributed by atoms with van der Waals surface area (Å²) in [5, 5.41) is 16.3. The fourth-order valence-electron chi connectivity index (χ4n) is 3.04. The summed E-state index contributed by atoms with van der Waals surface area (Å²) < 4.78 is 6.04. The maximum Gasteiger partial charge on any atom is 0.316 e. The van der Waals surface area contributed by atoms with Crippen LogP contribution >= 0.6 is 0 Å². The lowest BCUT2D eigenvalue weighted by molar-refractivity contribution is 0.259. The predicted octanol–water partition coefficient (Wildman–Crippen LogP) is 3.71. The van der Waals surface area contributed by atoms with E-state index in [-0.39, 0.29) is 5.69 Å². The number of hydrogen-bond donors (Lipinski definition) is 3. The van der Waals surface area contributed by atoms with Crippen molar-refractivity contribution in [3.8, 4) is 11.8 Å². The van der Waals surface area contributed by atoms with Crippen molar-refractivity contribution in [1.82, 2.24) is 15.0 Å². The van der Waals surface area contributed by atoms with Gasteiger partial charge in [0.15, 0.2) is 11.5 Å². The summed E-state index contributed by atoms with van der Waals surface area (Å²) in [6, 6.07) is 16.1. The van der Waals surface area contributed by atoms with Gasteiger partial charge in [-0.15, -0.1) is 0 Å². The van der Waals surface area contributed by atoms with Gasteiger partial charge in [0.2, 0.25) is 0 Å². The first-order valence-corrected chi connectivity index (χ1v) is 9.27. The van der Waals surface area contributed by atoms with Crippen LogP contribution in [0.2, 0.25) is 0 Å². The van der Waals surface area contributed by atoms with Crippen LogP contribution < -0.4 is 21.1 Å². The van der Waals surface area contributed by atoms with Crippen LogP contribution in [-0.4, -0.2) is 21.0 Å². The molecule has 0 bridgehead atoms. The first-order valence-electron chi connectivity index (χ1n) is 9.27. The molecule has 4 aromatic rings. The molecule has 0 saturated heterocycles. The lowest BCUT2D eigenvalue weighted by Crippen LogP contribution is -2.19. The molecule has 0 saturated carbocycles. The van der Waals surface area contributed by atoms with Crippen molar-refractivity contribution in [2.75, 3.05) is 10.6 Å². The number of fused-ring (bicyclic) bond motifs is 1. The zero-order valence-corrected chi connectivity index (χ0v) is 16.2. The molecule has 0 radical (unpaired) electrons.